The van der Waals surface area contributed by atoms with Gasteiger partial charge in [-0.2, -0.15) is 0 Å². The molecule has 214 valence electrons. The first-order valence-corrected chi connectivity index (χ1v) is 13.7. The second-order valence-electron chi connectivity index (χ2n) is 13.4. The van der Waals surface area contributed by atoms with E-state index >= 15 is 0 Å². The van der Waals surface area contributed by atoms with E-state index in [0.717, 1.165) is 0 Å². The van der Waals surface area contributed by atoms with E-state index in [2.05, 4.69) is 31.9 Å². The van der Waals surface area contributed by atoms with Crippen LogP contribution in [0.3, 0.4) is 0 Å². The first kappa shape index (κ1) is 33.8. The SMILES string of the molecule is CC(C)(C)C(=O)OC[C@H]1OC(Br)(Br)[C@H](OC(=O)C(C)(C)C)[C@@H](OC(=O)C(C)(C)C)[C@@H]1OC(=O)C(C)(C)C. The molecule has 0 spiro atoms. The fourth-order valence-corrected chi connectivity index (χ4v) is 3.90. The van der Waals surface area contributed by atoms with Crippen molar-refractivity contribution < 1.29 is 42.9 Å². The molecule has 37 heavy (non-hydrogen) atoms. The Morgan fingerprint density at radius 2 is 0.973 bits per heavy atom. The van der Waals surface area contributed by atoms with E-state index in [1.54, 1.807) is 83.1 Å². The third-order valence-corrected chi connectivity index (χ3v) is 6.45. The van der Waals surface area contributed by atoms with Crippen molar-refractivity contribution in [2.45, 2.75) is 111 Å². The van der Waals surface area contributed by atoms with Gasteiger partial charge in [0.2, 0.25) is 3.42 Å². The van der Waals surface area contributed by atoms with Crippen LogP contribution in [0.1, 0.15) is 83.1 Å². The van der Waals surface area contributed by atoms with Crippen LogP contribution in [0.2, 0.25) is 0 Å². The minimum Gasteiger partial charge on any atom is -0.462 e. The van der Waals surface area contributed by atoms with Crippen LogP contribution in [0.25, 0.3) is 0 Å². The summed E-state index contributed by atoms with van der Waals surface area (Å²) in [5.41, 5.74) is -3.54. The summed E-state index contributed by atoms with van der Waals surface area (Å²) in [5, 5.41) is 0. The highest BCUT2D eigenvalue weighted by Gasteiger charge is 2.59. The van der Waals surface area contributed by atoms with Crippen molar-refractivity contribution in [3.63, 3.8) is 0 Å². The molecule has 0 radical (unpaired) electrons. The van der Waals surface area contributed by atoms with Crippen molar-refractivity contribution in [2.75, 3.05) is 6.61 Å². The molecule has 0 amide bonds. The molecule has 1 saturated heterocycles. The highest BCUT2D eigenvalue weighted by atomic mass is 79.9. The maximum absolute atomic E-state index is 13.0. The van der Waals surface area contributed by atoms with E-state index in [4.69, 9.17) is 23.7 Å². The topological polar surface area (TPSA) is 114 Å². The minimum atomic E-state index is -1.56. The number of esters is 4. The molecule has 0 aromatic heterocycles. The lowest BCUT2D eigenvalue weighted by molar-refractivity contribution is -0.250. The summed E-state index contributed by atoms with van der Waals surface area (Å²) in [6.07, 6.45) is -4.95. The lowest BCUT2D eigenvalue weighted by atomic mass is 9.93. The predicted octanol–water partition coefficient (Wildman–Crippen LogP) is 5.29. The monoisotopic (exact) mass is 656 g/mol. The molecule has 1 aliphatic rings. The second kappa shape index (κ2) is 11.5. The maximum atomic E-state index is 13.0. The molecule has 1 rings (SSSR count). The summed E-state index contributed by atoms with van der Waals surface area (Å²) in [6.45, 7) is 19.8. The van der Waals surface area contributed by atoms with E-state index in [1.165, 1.54) is 0 Å². The molecule has 1 fully saturated rings. The number of alkyl halides is 2. The number of hydrogen-bond acceptors (Lipinski definition) is 9. The van der Waals surface area contributed by atoms with E-state index in [0.29, 0.717) is 0 Å². The molecular formula is C26H42Br2O9. The van der Waals surface area contributed by atoms with Crippen LogP contribution in [0.5, 0.6) is 0 Å². The van der Waals surface area contributed by atoms with E-state index in [1.807, 2.05) is 0 Å². The Balaban J connectivity index is 3.61. The zero-order valence-corrected chi connectivity index (χ0v) is 27.1. The number of hydrogen-bond donors (Lipinski definition) is 0. The largest absolute Gasteiger partial charge is 0.462 e. The van der Waals surface area contributed by atoms with Gasteiger partial charge in [-0.05, 0) is 115 Å². The highest BCUT2D eigenvalue weighted by molar-refractivity contribution is 9.25. The van der Waals surface area contributed by atoms with Crippen molar-refractivity contribution in [1.82, 2.24) is 0 Å². The van der Waals surface area contributed by atoms with Crippen molar-refractivity contribution in [1.29, 1.82) is 0 Å². The number of ether oxygens (including phenoxy) is 5. The molecule has 1 heterocycles. The second-order valence-corrected chi connectivity index (χ2v) is 16.8. The van der Waals surface area contributed by atoms with E-state index < -0.39 is 73.4 Å². The van der Waals surface area contributed by atoms with Gasteiger partial charge in [0, 0.05) is 0 Å². The quantitative estimate of drug-likeness (QED) is 0.221. The fourth-order valence-electron chi connectivity index (χ4n) is 2.71. The van der Waals surface area contributed by atoms with Gasteiger partial charge < -0.3 is 23.7 Å². The van der Waals surface area contributed by atoms with Gasteiger partial charge in [-0.3, -0.25) is 19.2 Å². The molecule has 1 aliphatic heterocycles. The van der Waals surface area contributed by atoms with Crippen LogP contribution in [0.4, 0.5) is 0 Å². The summed E-state index contributed by atoms with van der Waals surface area (Å²) in [4.78, 5) is 51.5. The highest BCUT2D eigenvalue weighted by Crippen LogP contribution is 2.45. The molecule has 0 aromatic rings. The third-order valence-electron chi connectivity index (χ3n) is 5.18. The Bertz CT molecular complexity index is 870. The zero-order valence-electron chi connectivity index (χ0n) is 23.9. The van der Waals surface area contributed by atoms with Gasteiger partial charge in [-0.25, -0.2) is 0 Å². The molecule has 0 saturated carbocycles. The van der Waals surface area contributed by atoms with Crippen LogP contribution in [-0.2, 0) is 42.9 Å². The molecule has 0 N–H and O–H groups in total. The molecule has 0 aromatic carbocycles. The Labute approximate surface area is 237 Å². The maximum Gasteiger partial charge on any atom is 0.311 e. The lowest BCUT2D eigenvalue weighted by Crippen LogP contribution is -2.65. The van der Waals surface area contributed by atoms with Gasteiger partial charge >= 0.3 is 23.9 Å². The molecule has 11 heteroatoms. The summed E-state index contributed by atoms with van der Waals surface area (Å²) < 4.78 is 27.5. The smallest absolute Gasteiger partial charge is 0.311 e. The molecule has 0 aliphatic carbocycles. The van der Waals surface area contributed by atoms with Crippen molar-refractivity contribution >= 4 is 55.7 Å². The number of rotatable bonds is 5. The lowest BCUT2D eigenvalue weighted by Gasteiger charge is -2.47. The third kappa shape index (κ3) is 9.49. The number of halogens is 2. The summed E-state index contributed by atoms with van der Waals surface area (Å²) in [6, 6.07) is 0. The van der Waals surface area contributed by atoms with E-state index in [9.17, 15) is 19.2 Å². The van der Waals surface area contributed by atoms with E-state index in [-0.39, 0.29) is 6.61 Å². The Hall–Kier alpha value is -1.20. The summed E-state index contributed by atoms with van der Waals surface area (Å²) >= 11 is 6.80. The summed E-state index contributed by atoms with van der Waals surface area (Å²) in [5.74, 6) is -2.33. The standard InChI is InChI=1S/C26H42Br2O9/c1-22(2,3)18(29)33-13-14-15(34-19(30)23(4,5)6)16(35-20(31)24(7,8)9)17(26(27,28)37-14)36-21(32)25(10,11)12/h14-17H,13H2,1-12H3/t14-,15-,16+,17-/m1/s1. The first-order valence-electron chi connectivity index (χ1n) is 12.1. The van der Waals surface area contributed by atoms with Crippen molar-refractivity contribution in [3.05, 3.63) is 0 Å². The van der Waals surface area contributed by atoms with Gasteiger partial charge in [-0.1, -0.05) is 0 Å². The first-order chi connectivity index (χ1) is 16.3. The van der Waals surface area contributed by atoms with Crippen LogP contribution in [-0.4, -0.2) is 58.3 Å². The molecule has 0 bridgehead atoms. The molecule has 9 nitrogen and oxygen atoms in total. The average Bonchev–Trinajstić information content (AvgIpc) is 2.67. The van der Waals surface area contributed by atoms with Crippen molar-refractivity contribution in [2.24, 2.45) is 21.7 Å². The molecular weight excluding hydrogens is 616 g/mol. The van der Waals surface area contributed by atoms with Gasteiger partial charge in [0.25, 0.3) is 0 Å². The molecule has 0 unspecified atom stereocenters. The van der Waals surface area contributed by atoms with Crippen molar-refractivity contribution in [3.8, 4) is 0 Å². The van der Waals surface area contributed by atoms with Gasteiger partial charge in [0.05, 0.1) is 21.7 Å². The van der Waals surface area contributed by atoms with Crippen LogP contribution in [0, 0.1) is 21.7 Å². The van der Waals surface area contributed by atoms with Crippen LogP contribution in [0.15, 0.2) is 0 Å². The minimum absolute atomic E-state index is 0.319. The zero-order chi connectivity index (χ0) is 29.4. The van der Waals surface area contributed by atoms with Gasteiger partial charge in [0.1, 0.15) is 12.7 Å². The fraction of sp³-hybridized carbons (Fsp3) is 0.846. The van der Waals surface area contributed by atoms with Crippen LogP contribution >= 0.6 is 31.9 Å². The molecule has 4 atom stereocenters. The predicted molar refractivity (Wildman–Crippen MR) is 144 cm³/mol. The Morgan fingerprint density at radius 3 is 1.35 bits per heavy atom. The normalized spacial score (nSPS) is 24.6. The average molecular weight is 658 g/mol. The Kier molecular flexibility index (Phi) is 10.5. The van der Waals surface area contributed by atoms with Gasteiger partial charge in [-0.15, -0.1) is 0 Å². The summed E-state index contributed by atoms with van der Waals surface area (Å²) in [7, 11) is 0. The number of carbonyl (C=O) groups excluding carboxylic acids is 4. The van der Waals surface area contributed by atoms with Gasteiger partial charge in [0.15, 0.2) is 18.3 Å². The number of carbonyl (C=O) groups is 4. The Morgan fingerprint density at radius 1 is 0.622 bits per heavy atom. The van der Waals surface area contributed by atoms with Crippen LogP contribution < -0.4 is 0 Å².